The van der Waals surface area contributed by atoms with E-state index in [4.69, 9.17) is 14.3 Å². The second-order valence-corrected chi connectivity index (χ2v) is 11.8. The number of carbonyl (C=O) groups excluding carboxylic acids is 2. The molecule has 2 aliphatic rings. The minimum Gasteiger partial charge on any atom is -0.443 e. The van der Waals surface area contributed by atoms with Gasteiger partial charge >= 0.3 is 6.09 Å². The summed E-state index contributed by atoms with van der Waals surface area (Å²) in [4.78, 5) is 41.5. The molecular formula is C31H43N5O5. The first kappa shape index (κ1) is 30.5. The lowest BCUT2D eigenvalue weighted by molar-refractivity contribution is -0.198. The van der Waals surface area contributed by atoms with E-state index in [0.717, 1.165) is 50.0 Å². The molecule has 1 unspecified atom stereocenters. The van der Waals surface area contributed by atoms with E-state index in [2.05, 4.69) is 44.5 Å². The lowest BCUT2D eigenvalue weighted by Crippen LogP contribution is -2.45. The molecule has 222 valence electrons. The van der Waals surface area contributed by atoms with Crippen molar-refractivity contribution in [3.05, 3.63) is 59.8 Å². The SMILES string of the molecule is CN(C)c1ccc(CN2CC[C@@H](N(C(=O)OC(C)(C)C)c3ccc(/C=C/C(=O)NOC4CCCCO4)cn3)C2)cc1. The number of carbonyl (C=O) groups is 2. The number of hydroxylamine groups is 1. The van der Waals surface area contributed by atoms with Crippen LogP contribution in [0.3, 0.4) is 0 Å². The summed E-state index contributed by atoms with van der Waals surface area (Å²) in [5.74, 6) is 0.127. The quantitative estimate of drug-likeness (QED) is 0.344. The molecule has 0 spiro atoms. The van der Waals surface area contributed by atoms with Crippen molar-refractivity contribution in [2.24, 2.45) is 0 Å². The lowest BCUT2D eigenvalue weighted by atomic mass is 10.2. The number of nitrogens with one attached hydrogen (secondary N) is 1. The van der Waals surface area contributed by atoms with Crippen molar-refractivity contribution in [1.82, 2.24) is 15.4 Å². The Morgan fingerprint density at radius 3 is 2.54 bits per heavy atom. The summed E-state index contributed by atoms with van der Waals surface area (Å²) in [7, 11) is 4.06. The highest BCUT2D eigenvalue weighted by atomic mass is 16.8. The standard InChI is InChI=1S/C31H43N5O5/c1-31(2,3)40-30(38)36(26-17-18-35(22-26)21-24-9-13-25(14-10-24)34(4)5)27-15-11-23(20-32-27)12-16-28(37)33-41-29-8-6-7-19-39-29/h9-16,20,26,29H,6-8,17-19,21-22H2,1-5H3,(H,33,37)/b16-12+/t26-,29?/m1/s1. The third kappa shape index (κ3) is 9.27. The molecular weight excluding hydrogens is 522 g/mol. The Morgan fingerprint density at radius 1 is 1.12 bits per heavy atom. The van der Waals surface area contributed by atoms with Gasteiger partial charge in [0.05, 0.1) is 6.04 Å². The van der Waals surface area contributed by atoms with E-state index < -0.39 is 18.0 Å². The number of anilines is 2. The van der Waals surface area contributed by atoms with E-state index in [1.165, 1.54) is 11.6 Å². The topological polar surface area (TPSA) is 96.5 Å². The molecule has 3 heterocycles. The second kappa shape index (κ2) is 13.9. The predicted octanol–water partition coefficient (Wildman–Crippen LogP) is 4.75. The van der Waals surface area contributed by atoms with Crippen LogP contribution >= 0.6 is 0 Å². The number of pyridine rings is 1. The van der Waals surface area contributed by atoms with Gasteiger partial charge in [-0.1, -0.05) is 12.1 Å². The fourth-order valence-electron chi connectivity index (χ4n) is 4.84. The van der Waals surface area contributed by atoms with Gasteiger partial charge in [-0.15, -0.1) is 0 Å². The van der Waals surface area contributed by atoms with Crippen molar-refractivity contribution in [3.63, 3.8) is 0 Å². The second-order valence-electron chi connectivity index (χ2n) is 11.8. The summed E-state index contributed by atoms with van der Waals surface area (Å²) in [5.41, 5.74) is 4.88. The molecule has 2 fully saturated rings. The van der Waals surface area contributed by atoms with Crippen LogP contribution in [0, 0.1) is 0 Å². The van der Waals surface area contributed by atoms with Crippen molar-refractivity contribution >= 4 is 29.6 Å². The van der Waals surface area contributed by atoms with Crippen molar-refractivity contribution in [1.29, 1.82) is 0 Å². The molecule has 2 aliphatic heterocycles. The zero-order valence-corrected chi connectivity index (χ0v) is 24.8. The number of hydrogen-bond donors (Lipinski definition) is 1. The molecule has 1 aromatic heterocycles. The van der Waals surface area contributed by atoms with Crippen molar-refractivity contribution in [3.8, 4) is 0 Å². The first-order chi connectivity index (χ1) is 19.6. The zero-order valence-electron chi connectivity index (χ0n) is 24.8. The van der Waals surface area contributed by atoms with Gasteiger partial charge in [0.25, 0.3) is 5.91 Å². The van der Waals surface area contributed by atoms with Crippen LogP contribution < -0.4 is 15.3 Å². The summed E-state index contributed by atoms with van der Waals surface area (Å²) in [6.45, 7) is 8.60. The number of benzene rings is 1. The maximum absolute atomic E-state index is 13.4. The van der Waals surface area contributed by atoms with E-state index in [1.54, 1.807) is 23.2 Å². The number of amides is 2. The molecule has 0 radical (unpaired) electrons. The maximum Gasteiger partial charge on any atom is 0.416 e. The third-order valence-electron chi connectivity index (χ3n) is 6.94. The minimum atomic E-state index is -0.636. The van der Waals surface area contributed by atoms with E-state index in [9.17, 15) is 9.59 Å². The van der Waals surface area contributed by atoms with Crippen molar-refractivity contribution in [2.75, 3.05) is 43.6 Å². The Labute approximate surface area is 243 Å². The predicted molar refractivity (Wildman–Crippen MR) is 159 cm³/mol. The molecule has 2 atom stereocenters. The molecule has 1 aromatic carbocycles. The molecule has 0 aliphatic carbocycles. The van der Waals surface area contributed by atoms with Crippen LogP contribution in [-0.2, 0) is 25.7 Å². The van der Waals surface area contributed by atoms with E-state index >= 15 is 0 Å². The molecule has 2 amide bonds. The van der Waals surface area contributed by atoms with Gasteiger partial charge in [0.2, 0.25) is 0 Å². The zero-order chi connectivity index (χ0) is 29.4. The summed E-state index contributed by atoms with van der Waals surface area (Å²) >= 11 is 0. The maximum atomic E-state index is 13.4. The summed E-state index contributed by atoms with van der Waals surface area (Å²) in [6.07, 6.45) is 7.42. The number of ether oxygens (including phenoxy) is 2. The Bertz CT molecular complexity index is 1170. The number of rotatable bonds is 9. The summed E-state index contributed by atoms with van der Waals surface area (Å²) < 4.78 is 11.2. The Morgan fingerprint density at radius 2 is 1.90 bits per heavy atom. The molecule has 0 bridgehead atoms. The fraction of sp³-hybridized carbons (Fsp3) is 0.516. The Kier molecular flexibility index (Phi) is 10.4. The molecule has 41 heavy (non-hydrogen) atoms. The van der Waals surface area contributed by atoms with Gasteiger partial charge in [0.1, 0.15) is 11.4 Å². The van der Waals surface area contributed by atoms with Gasteiger partial charge in [-0.25, -0.2) is 20.1 Å². The van der Waals surface area contributed by atoms with Crippen LogP contribution in [0.25, 0.3) is 6.08 Å². The van der Waals surface area contributed by atoms with Crippen LogP contribution in [0.2, 0.25) is 0 Å². The van der Waals surface area contributed by atoms with Gasteiger partial charge in [0, 0.05) is 64.7 Å². The average Bonchev–Trinajstić information content (AvgIpc) is 3.39. The van der Waals surface area contributed by atoms with Gasteiger partial charge < -0.3 is 14.4 Å². The van der Waals surface area contributed by atoms with Crippen LogP contribution in [0.4, 0.5) is 16.3 Å². The van der Waals surface area contributed by atoms with Gasteiger partial charge in [0.15, 0.2) is 6.29 Å². The molecule has 1 N–H and O–H groups in total. The molecule has 10 heteroatoms. The van der Waals surface area contributed by atoms with Crippen LogP contribution in [-0.4, -0.2) is 73.6 Å². The van der Waals surface area contributed by atoms with E-state index in [0.29, 0.717) is 19.0 Å². The number of aromatic nitrogens is 1. The Hall–Kier alpha value is -3.47. The summed E-state index contributed by atoms with van der Waals surface area (Å²) in [5, 5.41) is 0. The highest BCUT2D eigenvalue weighted by Crippen LogP contribution is 2.26. The third-order valence-corrected chi connectivity index (χ3v) is 6.94. The van der Waals surface area contributed by atoms with Crippen molar-refractivity contribution < 1.29 is 23.9 Å². The fourth-order valence-corrected chi connectivity index (χ4v) is 4.84. The minimum absolute atomic E-state index is 0.0790. The lowest BCUT2D eigenvalue weighted by Gasteiger charge is -2.31. The number of likely N-dealkylation sites (tertiary alicyclic amines) is 1. The molecule has 10 nitrogen and oxygen atoms in total. The molecule has 2 aromatic rings. The monoisotopic (exact) mass is 565 g/mol. The van der Waals surface area contributed by atoms with Crippen LogP contribution in [0.1, 0.15) is 57.6 Å². The number of hydrogen-bond acceptors (Lipinski definition) is 8. The van der Waals surface area contributed by atoms with Gasteiger partial charge in [-0.2, -0.15) is 0 Å². The molecule has 4 rings (SSSR count). The molecule has 0 saturated carbocycles. The van der Waals surface area contributed by atoms with E-state index in [-0.39, 0.29) is 11.9 Å². The van der Waals surface area contributed by atoms with E-state index in [1.807, 2.05) is 40.9 Å². The van der Waals surface area contributed by atoms with Crippen LogP contribution in [0.15, 0.2) is 48.7 Å². The highest BCUT2D eigenvalue weighted by Gasteiger charge is 2.35. The smallest absolute Gasteiger partial charge is 0.416 e. The largest absolute Gasteiger partial charge is 0.443 e. The first-order valence-electron chi connectivity index (χ1n) is 14.3. The molecule has 2 saturated heterocycles. The van der Waals surface area contributed by atoms with Gasteiger partial charge in [-0.3, -0.25) is 14.6 Å². The summed E-state index contributed by atoms with van der Waals surface area (Å²) in [6, 6.07) is 12.1. The van der Waals surface area contributed by atoms with Crippen molar-refractivity contribution in [2.45, 2.75) is 70.9 Å². The number of nitrogens with zero attached hydrogens (tertiary/aromatic N) is 4. The van der Waals surface area contributed by atoms with Crippen LogP contribution in [0.5, 0.6) is 0 Å². The average molecular weight is 566 g/mol. The highest BCUT2D eigenvalue weighted by molar-refractivity contribution is 5.91. The normalized spacial score (nSPS) is 19.7. The first-order valence-corrected chi connectivity index (χ1v) is 14.3. The Balaban J connectivity index is 1.39. The van der Waals surface area contributed by atoms with Gasteiger partial charge in [-0.05, 0) is 81.5 Å².